The van der Waals surface area contributed by atoms with E-state index in [2.05, 4.69) is 36.3 Å². The second-order valence-corrected chi connectivity index (χ2v) is 5.55. The Labute approximate surface area is 103 Å². The molecule has 0 radical (unpaired) electrons. The third kappa shape index (κ3) is 2.24. The third-order valence-corrected chi connectivity index (χ3v) is 4.22. The molecule has 0 aliphatic heterocycles. The maximum atomic E-state index is 3.39. The zero-order chi connectivity index (χ0) is 11.7. The van der Waals surface area contributed by atoms with E-state index in [1.54, 1.807) is 0 Å². The average Bonchev–Trinajstić information content (AvgIpc) is 2.94. The first-order valence-electron chi connectivity index (χ1n) is 6.89. The summed E-state index contributed by atoms with van der Waals surface area (Å²) in [6, 6.07) is 6.69. The first-order chi connectivity index (χ1) is 8.33. The minimum Gasteiger partial charge on any atom is -0.361 e. The summed E-state index contributed by atoms with van der Waals surface area (Å²) in [6.07, 6.45) is 10.7. The van der Waals surface area contributed by atoms with Crippen LogP contribution in [0, 0.1) is 12.8 Å². The van der Waals surface area contributed by atoms with Gasteiger partial charge in [0.05, 0.1) is 0 Å². The monoisotopic (exact) mass is 227 g/mol. The van der Waals surface area contributed by atoms with E-state index < -0.39 is 0 Å². The Kier molecular flexibility index (Phi) is 2.92. The van der Waals surface area contributed by atoms with E-state index in [1.807, 2.05) is 0 Å². The zero-order valence-corrected chi connectivity index (χ0v) is 10.6. The summed E-state index contributed by atoms with van der Waals surface area (Å²) in [5.41, 5.74) is 4.16. The van der Waals surface area contributed by atoms with Crippen LogP contribution in [-0.2, 0) is 6.42 Å². The molecule has 1 aliphatic carbocycles. The van der Waals surface area contributed by atoms with Crippen LogP contribution in [-0.4, -0.2) is 4.98 Å². The van der Waals surface area contributed by atoms with E-state index >= 15 is 0 Å². The molecule has 1 heteroatoms. The Hall–Kier alpha value is -1.24. The number of aromatic nitrogens is 1. The quantitative estimate of drug-likeness (QED) is 0.788. The number of hydrogen-bond donors (Lipinski definition) is 1. The maximum Gasteiger partial charge on any atom is 0.0456 e. The average molecular weight is 227 g/mol. The van der Waals surface area contributed by atoms with Gasteiger partial charge in [-0.3, -0.25) is 0 Å². The molecule has 3 rings (SSSR count). The Morgan fingerprint density at radius 1 is 1.24 bits per heavy atom. The fraction of sp³-hybridized carbons (Fsp3) is 0.500. The summed E-state index contributed by atoms with van der Waals surface area (Å²) in [5.74, 6) is 0.991. The van der Waals surface area contributed by atoms with E-state index in [-0.39, 0.29) is 0 Å². The van der Waals surface area contributed by atoms with Crippen molar-refractivity contribution in [3.05, 3.63) is 35.5 Å². The van der Waals surface area contributed by atoms with Crippen molar-refractivity contribution >= 4 is 10.9 Å². The minimum atomic E-state index is 0.991. The highest BCUT2D eigenvalue weighted by atomic mass is 14.7. The fourth-order valence-electron chi connectivity index (χ4n) is 3.16. The molecule has 0 amide bonds. The number of rotatable bonds is 3. The van der Waals surface area contributed by atoms with Crippen LogP contribution in [0.25, 0.3) is 10.9 Å². The van der Waals surface area contributed by atoms with E-state index in [9.17, 15) is 0 Å². The molecule has 0 atom stereocenters. The molecule has 17 heavy (non-hydrogen) atoms. The SMILES string of the molecule is Cc1ccc2[nH]cc(CCC3CCCC3)c2c1. The topological polar surface area (TPSA) is 15.8 Å². The van der Waals surface area contributed by atoms with Crippen LogP contribution in [0.5, 0.6) is 0 Å². The largest absolute Gasteiger partial charge is 0.361 e. The van der Waals surface area contributed by atoms with Crippen molar-refractivity contribution in [2.45, 2.75) is 45.4 Å². The number of nitrogens with one attached hydrogen (secondary N) is 1. The molecule has 1 heterocycles. The molecule has 0 spiro atoms. The Bertz CT molecular complexity index is 503. The number of hydrogen-bond acceptors (Lipinski definition) is 0. The van der Waals surface area contributed by atoms with E-state index in [1.165, 1.54) is 60.6 Å². The number of benzene rings is 1. The predicted octanol–water partition coefficient (Wildman–Crippen LogP) is 4.60. The summed E-state index contributed by atoms with van der Waals surface area (Å²) < 4.78 is 0. The molecule has 1 aliphatic rings. The van der Waals surface area contributed by atoms with Crippen molar-refractivity contribution in [2.75, 3.05) is 0 Å². The van der Waals surface area contributed by atoms with E-state index in [4.69, 9.17) is 0 Å². The molecule has 90 valence electrons. The number of aryl methyl sites for hydroxylation is 2. The van der Waals surface area contributed by atoms with Crippen molar-refractivity contribution in [3.8, 4) is 0 Å². The van der Waals surface area contributed by atoms with E-state index in [0.717, 1.165) is 5.92 Å². The first-order valence-corrected chi connectivity index (χ1v) is 6.89. The van der Waals surface area contributed by atoms with Crippen LogP contribution < -0.4 is 0 Å². The Morgan fingerprint density at radius 2 is 2.06 bits per heavy atom. The van der Waals surface area contributed by atoms with Gasteiger partial charge in [0, 0.05) is 17.1 Å². The lowest BCUT2D eigenvalue weighted by Crippen LogP contribution is -1.95. The van der Waals surface area contributed by atoms with Gasteiger partial charge in [-0.15, -0.1) is 0 Å². The number of aromatic amines is 1. The molecule has 1 aromatic carbocycles. The van der Waals surface area contributed by atoms with Gasteiger partial charge in [0.25, 0.3) is 0 Å². The lowest BCUT2D eigenvalue weighted by atomic mass is 9.97. The summed E-state index contributed by atoms with van der Waals surface area (Å²) in [5, 5.41) is 1.43. The van der Waals surface area contributed by atoms with Crippen LogP contribution in [0.4, 0.5) is 0 Å². The van der Waals surface area contributed by atoms with Gasteiger partial charge in [-0.2, -0.15) is 0 Å². The number of H-pyrrole nitrogens is 1. The van der Waals surface area contributed by atoms with Crippen molar-refractivity contribution in [1.82, 2.24) is 4.98 Å². The first kappa shape index (κ1) is 10.9. The minimum absolute atomic E-state index is 0.991. The molecular weight excluding hydrogens is 206 g/mol. The van der Waals surface area contributed by atoms with Crippen molar-refractivity contribution in [1.29, 1.82) is 0 Å². The smallest absolute Gasteiger partial charge is 0.0456 e. The predicted molar refractivity (Wildman–Crippen MR) is 73.3 cm³/mol. The van der Waals surface area contributed by atoms with Crippen LogP contribution in [0.15, 0.2) is 24.4 Å². The van der Waals surface area contributed by atoms with Crippen LogP contribution in [0.2, 0.25) is 0 Å². The second-order valence-electron chi connectivity index (χ2n) is 5.55. The Morgan fingerprint density at radius 3 is 2.88 bits per heavy atom. The Balaban J connectivity index is 1.77. The highest BCUT2D eigenvalue weighted by molar-refractivity contribution is 5.83. The highest BCUT2D eigenvalue weighted by Gasteiger charge is 2.15. The van der Waals surface area contributed by atoms with Crippen LogP contribution in [0.1, 0.15) is 43.2 Å². The molecule has 0 unspecified atom stereocenters. The number of fused-ring (bicyclic) bond motifs is 1. The summed E-state index contributed by atoms with van der Waals surface area (Å²) in [6.45, 7) is 2.17. The summed E-state index contributed by atoms with van der Waals surface area (Å²) >= 11 is 0. The lowest BCUT2D eigenvalue weighted by Gasteiger charge is -2.07. The lowest BCUT2D eigenvalue weighted by molar-refractivity contribution is 0.504. The van der Waals surface area contributed by atoms with Crippen molar-refractivity contribution in [3.63, 3.8) is 0 Å². The normalized spacial score (nSPS) is 17.0. The summed E-state index contributed by atoms with van der Waals surface area (Å²) in [4.78, 5) is 3.39. The third-order valence-electron chi connectivity index (χ3n) is 4.22. The van der Waals surface area contributed by atoms with Gasteiger partial charge in [-0.05, 0) is 43.4 Å². The molecule has 2 aromatic rings. The standard InChI is InChI=1S/C16H21N/c1-12-6-9-16-15(10-12)14(11-17-16)8-7-13-4-2-3-5-13/h6,9-11,13,17H,2-5,7-8H2,1H3. The second kappa shape index (κ2) is 4.56. The van der Waals surface area contributed by atoms with Crippen LogP contribution >= 0.6 is 0 Å². The molecule has 0 bridgehead atoms. The highest BCUT2D eigenvalue weighted by Crippen LogP contribution is 2.30. The molecule has 1 saturated carbocycles. The van der Waals surface area contributed by atoms with Gasteiger partial charge in [-0.25, -0.2) is 0 Å². The molecule has 1 N–H and O–H groups in total. The van der Waals surface area contributed by atoms with Gasteiger partial charge in [0.1, 0.15) is 0 Å². The van der Waals surface area contributed by atoms with Gasteiger partial charge in [-0.1, -0.05) is 37.3 Å². The molecule has 1 nitrogen and oxygen atoms in total. The molecular formula is C16H21N. The van der Waals surface area contributed by atoms with Gasteiger partial charge in [0.15, 0.2) is 0 Å². The summed E-state index contributed by atoms with van der Waals surface area (Å²) in [7, 11) is 0. The maximum absolute atomic E-state index is 3.39. The van der Waals surface area contributed by atoms with Crippen molar-refractivity contribution < 1.29 is 0 Å². The van der Waals surface area contributed by atoms with Gasteiger partial charge >= 0.3 is 0 Å². The van der Waals surface area contributed by atoms with Crippen LogP contribution in [0.3, 0.4) is 0 Å². The fourth-order valence-corrected chi connectivity index (χ4v) is 3.16. The van der Waals surface area contributed by atoms with Gasteiger partial charge < -0.3 is 4.98 Å². The zero-order valence-electron chi connectivity index (χ0n) is 10.6. The molecule has 1 aromatic heterocycles. The van der Waals surface area contributed by atoms with Gasteiger partial charge in [0.2, 0.25) is 0 Å². The molecule has 0 saturated heterocycles. The molecule has 1 fully saturated rings. The van der Waals surface area contributed by atoms with E-state index in [0.29, 0.717) is 0 Å². The van der Waals surface area contributed by atoms with Crippen molar-refractivity contribution in [2.24, 2.45) is 5.92 Å².